The van der Waals surface area contributed by atoms with Crippen LogP contribution in [0.3, 0.4) is 0 Å². The Balaban J connectivity index is 1.44. The van der Waals surface area contributed by atoms with Gasteiger partial charge in [-0.25, -0.2) is 4.68 Å². The number of nitrogens with one attached hydrogen (secondary N) is 1. The van der Waals surface area contributed by atoms with Crippen LogP contribution in [0.5, 0.6) is 0 Å². The number of aromatic nitrogens is 2. The van der Waals surface area contributed by atoms with E-state index in [-0.39, 0.29) is 11.8 Å². The second-order valence-electron chi connectivity index (χ2n) is 6.22. The maximum absolute atomic E-state index is 12.4. The van der Waals surface area contributed by atoms with Crippen LogP contribution >= 0.6 is 0 Å². The Hall–Kier alpha value is -1.58. The number of allylic oxidation sites excluding steroid dienone is 2. The van der Waals surface area contributed by atoms with E-state index in [4.69, 9.17) is 0 Å². The van der Waals surface area contributed by atoms with E-state index in [0.29, 0.717) is 11.8 Å². The first kappa shape index (κ1) is 11.3. The fourth-order valence-electron chi connectivity index (χ4n) is 3.43. The van der Waals surface area contributed by atoms with Gasteiger partial charge in [-0.05, 0) is 43.4 Å². The Labute approximate surface area is 112 Å². The molecule has 1 N–H and O–H groups in total. The lowest BCUT2D eigenvalue weighted by molar-refractivity contribution is -0.120. The number of carbonyl (C=O) groups excluding carboxylic acids is 1. The number of fused-ring (bicyclic) bond motifs is 2. The molecule has 4 nitrogen and oxygen atoms in total. The molecule has 0 spiro atoms. The van der Waals surface area contributed by atoms with Gasteiger partial charge in [0.05, 0.1) is 6.20 Å². The summed E-state index contributed by atoms with van der Waals surface area (Å²) in [5.74, 6) is 3.07. The fourth-order valence-corrected chi connectivity index (χ4v) is 3.43. The first-order chi connectivity index (χ1) is 9.29. The first-order valence-electron chi connectivity index (χ1n) is 7.30. The zero-order chi connectivity index (χ0) is 12.8. The van der Waals surface area contributed by atoms with Crippen LogP contribution in [0.25, 0.3) is 0 Å². The molecule has 19 heavy (non-hydrogen) atoms. The van der Waals surface area contributed by atoms with E-state index in [1.165, 1.54) is 19.3 Å². The lowest BCUT2D eigenvalue weighted by Crippen LogP contribution is -2.27. The van der Waals surface area contributed by atoms with Crippen LogP contribution in [0.1, 0.15) is 25.7 Å². The Morgan fingerprint density at radius 1 is 1.37 bits per heavy atom. The van der Waals surface area contributed by atoms with Crippen molar-refractivity contribution in [2.24, 2.45) is 23.7 Å². The van der Waals surface area contributed by atoms with E-state index in [1.54, 1.807) is 6.20 Å². The standard InChI is InChI=1S/C15H19N3O/c19-15(13-8-11-3-4-12(13)7-11)17-14-5-6-16-18(14)9-10-1-2-10/h3-6,10-13H,1-2,7-9H2,(H,17,19)/t11-,12-,13+/m0/s1. The number of hydrogen-bond acceptors (Lipinski definition) is 2. The number of nitrogens with zero attached hydrogens (tertiary/aromatic N) is 2. The zero-order valence-electron chi connectivity index (χ0n) is 11.0. The molecule has 0 saturated heterocycles. The molecule has 4 rings (SSSR count). The molecular formula is C15H19N3O. The predicted octanol–water partition coefficient (Wildman–Crippen LogP) is 2.44. The van der Waals surface area contributed by atoms with Crippen molar-refractivity contribution in [3.63, 3.8) is 0 Å². The van der Waals surface area contributed by atoms with Gasteiger partial charge in [0.25, 0.3) is 0 Å². The second-order valence-corrected chi connectivity index (χ2v) is 6.22. The third-order valence-corrected chi connectivity index (χ3v) is 4.71. The van der Waals surface area contributed by atoms with Gasteiger partial charge in [0, 0.05) is 18.5 Å². The monoisotopic (exact) mass is 257 g/mol. The minimum absolute atomic E-state index is 0.166. The predicted molar refractivity (Wildman–Crippen MR) is 72.4 cm³/mol. The topological polar surface area (TPSA) is 46.9 Å². The van der Waals surface area contributed by atoms with E-state index < -0.39 is 0 Å². The largest absolute Gasteiger partial charge is 0.311 e. The molecule has 3 aliphatic carbocycles. The second kappa shape index (κ2) is 4.22. The SMILES string of the molecule is O=C(Nc1ccnn1CC1CC1)[C@@H]1C[C@H]2C=C[C@H]1C2. The summed E-state index contributed by atoms with van der Waals surface area (Å²) in [4.78, 5) is 12.4. The number of carbonyl (C=O) groups is 1. The maximum Gasteiger partial charge on any atom is 0.229 e. The summed E-state index contributed by atoms with van der Waals surface area (Å²) in [7, 11) is 0. The molecule has 3 aliphatic rings. The summed E-state index contributed by atoms with van der Waals surface area (Å²) in [5.41, 5.74) is 0. The van der Waals surface area contributed by atoms with Gasteiger partial charge in [0.1, 0.15) is 5.82 Å². The molecular weight excluding hydrogens is 238 g/mol. The first-order valence-corrected chi connectivity index (χ1v) is 7.30. The number of hydrogen-bond donors (Lipinski definition) is 1. The minimum Gasteiger partial charge on any atom is -0.311 e. The average Bonchev–Trinajstić information content (AvgIpc) is 2.82. The van der Waals surface area contributed by atoms with Crippen molar-refractivity contribution in [2.45, 2.75) is 32.2 Å². The van der Waals surface area contributed by atoms with Crippen LogP contribution < -0.4 is 5.32 Å². The molecule has 0 radical (unpaired) electrons. The fraction of sp³-hybridized carbons (Fsp3) is 0.600. The smallest absolute Gasteiger partial charge is 0.229 e. The molecule has 0 aromatic carbocycles. The van der Waals surface area contributed by atoms with Crippen molar-refractivity contribution in [2.75, 3.05) is 5.32 Å². The van der Waals surface area contributed by atoms with E-state index in [2.05, 4.69) is 22.6 Å². The van der Waals surface area contributed by atoms with Crippen molar-refractivity contribution < 1.29 is 4.79 Å². The van der Waals surface area contributed by atoms with Crippen molar-refractivity contribution in [3.05, 3.63) is 24.4 Å². The third kappa shape index (κ3) is 2.09. The molecule has 3 atom stereocenters. The molecule has 100 valence electrons. The molecule has 1 heterocycles. The molecule has 2 fully saturated rings. The van der Waals surface area contributed by atoms with Crippen LogP contribution in [-0.2, 0) is 11.3 Å². The molecule has 0 unspecified atom stereocenters. The molecule has 1 aromatic heterocycles. The van der Waals surface area contributed by atoms with Gasteiger partial charge >= 0.3 is 0 Å². The van der Waals surface area contributed by atoms with Crippen LogP contribution in [0, 0.1) is 23.7 Å². The highest BCUT2D eigenvalue weighted by Gasteiger charge is 2.40. The Morgan fingerprint density at radius 2 is 2.26 bits per heavy atom. The van der Waals surface area contributed by atoms with Gasteiger partial charge in [-0.1, -0.05) is 12.2 Å². The summed E-state index contributed by atoms with van der Waals surface area (Å²) >= 11 is 0. The lowest BCUT2D eigenvalue weighted by atomic mass is 9.93. The molecule has 2 saturated carbocycles. The van der Waals surface area contributed by atoms with Gasteiger partial charge < -0.3 is 5.32 Å². The lowest BCUT2D eigenvalue weighted by Gasteiger charge is -2.18. The van der Waals surface area contributed by atoms with Crippen LogP contribution in [-0.4, -0.2) is 15.7 Å². The van der Waals surface area contributed by atoms with Crippen molar-refractivity contribution in [1.82, 2.24) is 9.78 Å². The van der Waals surface area contributed by atoms with Gasteiger partial charge in [-0.2, -0.15) is 5.10 Å². The van der Waals surface area contributed by atoms with Crippen molar-refractivity contribution in [3.8, 4) is 0 Å². The molecule has 4 heteroatoms. The van der Waals surface area contributed by atoms with Gasteiger partial charge in [0.15, 0.2) is 0 Å². The zero-order valence-corrected chi connectivity index (χ0v) is 11.0. The van der Waals surface area contributed by atoms with Crippen LogP contribution in [0.15, 0.2) is 24.4 Å². The van der Waals surface area contributed by atoms with E-state index >= 15 is 0 Å². The average molecular weight is 257 g/mol. The Morgan fingerprint density at radius 3 is 2.95 bits per heavy atom. The van der Waals surface area contributed by atoms with Gasteiger partial charge in [-0.3, -0.25) is 4.79 Å². The number of rotatable bonds is 4. The Bertz CT molecular complexity index is 529. The maximum atomic E-state index is 12.4. The quantitative estimate of drug-likeness (QED) is 0.842. The molecule has 2 bridgehead atoms. The van der Waals surface area contributed by atoms with Crippen molar-refractivity contribution >= 4 is 11.7 Å². The highest BCUT2D eigenvalue weighted by molar-refractivity contribution is 5.92. The number of amides is 1. The normalized spacial score (nSPS) is 31.9. The highest BCUT2D eigenvalue weighted by Crippen LogP contribution is 2.43. The summed E-state index contributed by atoms with van der Waals surface area (Å²) in [6.07, 6.45) is 11.0. The molecule has 1 aromatic rings. The summed E-state index contributed by atoms with van der Waals surface area (Å²) in [5, 5.41) is 7.39. The van der Waals surface area contributed by atoms with Crippen LogP contribution in [0.2, 0.25) is 0 Å². The highest BCUT2D eigenvalue weighted by atomic mass is 16.2. The summed E-state index contributed by atoms with van der Waals surface area (Å²) in [6.45, 7) is 0.944. The molecule has 0 aliphatic heterocycles. The van der Waals surface area contributed by atoms with E-state index in [9.17, 15) is 4.79 Å². The van der Waals surface area contributed by atoms with E-state index in [0.717, 1.165) is 24.7 Å². The summed E-state index contributed by atoms with van der Waals surface area (Å²) in [6, 6.07) is 1.91. The minimum atomic E-state index is 0.166. The van der Waals surface area contributed by atoms with E-state index in [1.807, 2.05) is 10.7 Å². The van der Waals surface area contributed by atoms with Gasteiger partial charge in [-0.15, -0.1) is 0 Å². The van der Waals surface area contributed by atoms with Gasteiger partial charge in [0.2, 0.25) is 5.91 Å². The third-order valence-electron chi connectivity index (χ3n) is 4.71. The van der Waals surface area contributed by atoms with Crippen molar-refractivity contribution in [1.29, 1.82) is 0 Å². The molecule has 1 amide bonds. The Kier molecular flexibility index (Phi) is 2.50. The number of anilines is 1. The van der Waals surface area contributed by atoms with Crippen LogP contribution in [0.4, 0.5) is 5.82 Å². The summed E-state index contributed by atoms with van der Waals surface area (Å²) < 4.78 is 1.94.